The summed E-state index contributed by atoms with van der Waals surface area (Å²) in [5.41, 5.74) is 5.05. The zero-order valence-corrected chi connectivity index (χ0v) is 13.5. The zero-order chi connectivity index (χ0) is 15.2. The molecule has 0 spiro atoms. The number of anilines is 2. The van der Waals surface area contributed by atoms with Gasteiger partial charge in [0.2, 0.25) is 0 Å². The average Bonchev–Trinajstić information content (AvgIpc) is 2.42. The van der Waals surface area contributed by atoms with Crippen molar-refractivity contribution in [1.29, 1.82) is 0 Å². The molecule has 2 aromatic rings. The highest BCUT2D eigenvalue weighted by Crippen LogP contribution is 2.16. The van der Waals surface area contributed by atoms with Crippen molar-refractivity contribution in [1.82, 2.24) is 0 Å². The first-order chi connectivity index (χ1) is 10.0. The quantitative estimate of drug-likeness (QED) is 0.786. The zero-order valence-electron chi connectivity index (χ0n) is 13.5. The molecule has 0 aliphatic carbocycles. The third kappa shape index (κ3) is 5.14. The molecule has 0 bridgehead atoms. The van der Waals surface area contributed by atoms with E-state index in [0.29, 0.717) is 12.1 Å². The van der Waals surface area contributed by atoms with Crippen LogP contribution in [-0.4, -0.2) is 12.1 Å². The van der Waals surface area contributed by atoms with Crippen molar-refractivity contribution >= 4 is 11.4 Å². The first-order valence-electron chi connectivity index (χ1n) is 7.74. The minimum atomic E-state index is 0.469. The Morgan fingerprint density at radius 3 is 1.24 bits per heavy atom. The minimum Gasteiger partial charge on any atom is -0.383 e. The van der Waals surface area contributed by atoms with E-state index in [9.17, 15) is 0 Å². The van der Waals surface area contributed by atoms with Crippen molar-refractivity contribution in [2.45, 2.75) is 46.2 Å². The Kier molecular flexibility index (Phi) is 5.26. The largest absolute Gasteiger partial charge is 0.383 e. The summed E-state index contributed by atoms with van der Waals surface area (Å²) in [6.07, 6.45) is 0.976. The molecule has 0 heterocycles. The summed E-state index contributed by atoms with van der Waals surface area (Å²) >= 11 is 0. The van der Waals surface area contributed by atoms with Gasteiger partial charge in [-0.05, 0) is 69.5 Å². The highest BCUT2D eigenvalue weighted by molar-refractivity contribution is 5.48. The van der Waals surface area contributed by atoms with Gasteiger partial charge in [-0.15, -0.1) is 0 Å². The van der Waals surface area contributed by atoms with E-state index in [4.69, 9.17) is 0 Å². The maximum atomic E-state index is 3.41. The smallest absolute Gasteiger partial charge is 0.0342 e. The summed E-state index contributed by atoms with van der Waals surface area (Å²) < 4.78 is 0. The Morgan fingerprint density at radius 2 is 0.952 bits per heavy atom. The molecule has 2 aromatic carbocycles. The van der Waals surface area contributed by atoms with Crippen LogP contribution in [0, 0.1) is 0 Å². The summed E-state index contributed by atoms with van der Waals surface area (Å²) in [6.45, 7) is 8.61. The number of hydrogen-bond donors (Lipinski definition) is 2. The molecule has 2 nitrogen and oxygen atoms in total. The molecule has 0 amide bonds. The van der Waals surface area contributed by atoms with Gasteiger partial charge in [-0.1, -0.05) is 24.3 Å². The average molecular weight is 282 g/mol. The van der Waals surface area contributed by atoms with E-state index >= 15 is 0 Å². The summed E-state index contributed by atoms with van der Waals surface area (Å²) in [7, 11) is 0. The molecule has 112 valence electrons. The van der Waals surface area contributed by atoms with E-state index in [1.54, 1.807) is 0 Å². The fourth-order valence-corrected chi connectivity index (χ4v) is 2.34. The maximum Gasteiger partial charge on any atom is 0.0342 e. The molecular weight excluding hydrogens is 256 g/mol. The van der Waals surface area contributed by atoms with Gasteiger partial charge in [0.05, 0.1) is 0 Å². The summed E-state index contributed by atoms with van der Waals surface area (Å²) in [5.74, 6) is 0. The first kappa shape index (κ1) is 15.4. The number of nitrogens with one attached hydrogen (secondary N) is 2. The van der Waals surface area contributed by atoms with E-state index in [2.05, 4.69) is 86.9 Å². The fourth-order valence-electron chi connectivity index (χ4n) is 2.34. The molecule has 0 fully saturated rings. The van der Waals surface area contributed by atoms with E-state index in [-0.39, 0.29) is 0 Å². The monoisotopic (exact) mass is 282 g/mol. The molecule has 0 unspecified atom stereocenters. The molecule has 0 radical (unpaired) electrons. The van der Waals surface area contributed by atoms with Gasteiger partial charge < -0.3 is 10.6 Å². The molecule has 0 aromatic heterocycles. The Balaban J connectivity index is 1.97. The lowest BCUT2D eigenvalue weighted by Crippen LogP contribution is -2.09. The third-order valence-electron chi connectivity index (χ3n) is 3.23. The standard InChI is InChI=1S/C19H26N2/c1-14(2)20-18-9-5-16(6-10-18)13-17-7-11-19(12-8-17)21-15(3)4/h5-12,14-15,20-21H,13H2,1-4H3. The molecule has 21 heavy (non-hydrogen) atoms. The molecule has 0 atom stereocenters. The normalized spacial score (nSPS) is 11.0. The van der Waals surface area contributed by atoms with E-state index in [0.717, 1.165) is 6.42 Å². The minimum absolute atomic E-state index is 0.469. The Labute approximate surface area is 128 Å². The Hall–Kier alpha value is -1.96. The van der Waals surface area contributed by atoms with Crippen LogP contribution in [-0.2, 0) is 6.42 Å². The first-order valence-corrected chi connectivity index (χ1v) is 7.74. The summed E-state index contributed by atoms with van der Waals surface area (Å²) in [4.78, 5) is 0. The topological polar surface area (TPSA) is 24.1 Å². The molecule has 0 aliphatic rings. The fraction of sp³-hybridized carbons (Fsp3) is 0.368. The number of rotatable bonds is 6. The Morgan fingerprint density at radius 1 is 0.619 bits per heavy atom. The molecule has 0 saturated carbocycles. The van der Waals surface area contributed by atoms with Crippen molar-refractivity contribution < 1.29 is 0 Å². The van der Waals surface area contributed by atoms with Crippen molar-refractivity contribution in [2.75, 3.05) is 10.6 Å². The van der Waals surface area contributed by atoms with Crippen LogP contribution in [0.15, 0.2) is 48.5 Å². The van der Waals surface area contributed by atoms with Crippen LogP contribution in [0.25, 0.3) is 0 Å². The van der Waals surface area contributed by atoms with Crippen molar-refractivity contribution in [3.8, 4) is 0 Å². The predicted octanol–water partition coefficient (Wildman–Crippen LogP) is 4.92. The van der Waals surface area contributed by atoms with Gasteiger partial charge >= 0.3 is 0 Å². The van der Waals surface area contributed by atoms with E-state index in [1.807, 2.05) is 0 Å². The van der Waals surface area contributed by atoms with Crippen LogP contribution in [0.4, 0.5) is 11.4 Å². The van der Waals surface area contributed by atoms with E-state index in [1.165, 1.54) is 22.5 Å². The molecule has 2 heteroatoms. The van der Waals surface area contributed by atoms with Crippen LogP contribution >= 0.6 is 0 Å². The van der Waals surface area contributed by atoms with Gasteiger partial charge in [0.25, 0.3) is 0 Å². The summed E-state index contributed by atoms with van der Waals surface area (Å²) in [5, 5.41) is 6.83. The second kappa shape index (κ2) is 7.16. The van der Waals surface area contributed by atoms with Crippen molar-refractivity contribution in [2.24, 2.45) is 0 Å². The van der Waals surface area contributed by atoms with Gasteiger partial charge in [-0.2, -0.15) is 0 Å². The molecule has 2 rings (SSSR count). The van der Waals surface area contributed by atoms with Gasteiger partial charge in [-0.25, -0.2) is 0 Å². The number of hydrogen-bond acceptors (Lipinski definition) is 2. The second-order valence-electron chi connectivity index (χ2n) is 6.17. The van der Waals surface area contributed by atoms with Crippen LogP contribution in [0.5, 0.6) is 0 Å². The molecule has 0 aliphatic heterocycles. The summed E-state index contributed by atoms with van der Waals surface area (Å²) in [6, 6.07) is 18.4. The molecule has 2 N–H and O–H groups in total. The predicted molar refractivity (Wildman–Crippen MR) is 93.2 cm³/mol. The second-order valence-corrected chi connectivity index (χ2v) is 6.17. The lowest BCUT2D eigenvalue weighted by Gasteiger charge is -2.11. The van der Waals surface area contributed by atoms with Crippen LogP contribution in [0.3, 0.4) is 0 Å². The van der Waals surface area contributed by atoms with Crippen LogP contribution in [0.1, 0.15) is 38.8 Å². The molecule has 0 saturated heterocycles. The lowest BCUT2D eigenvalue weighted by atomic mass is 10.0. The van der Waals surface area contributed by atoms with Gasteiger partial charge in [0.1, 0.15) is 0 Å². The SMILES string of the molecule is CC(C)Nc1ccc(Cc2ccc(NC(C)C)cc2)cc1. The molecular formula is C19H26N2. The highest BCUT2D eigenvalue weighted by atomic mass is 14.9. The van der Waals surface area contributed by atoms with Crippen molar-refractivity contribution in [3.63, 3.8) is 0 Å². The number of benzene rings is 2. The highest BCUT2D eigenvalue weighted by Gasteiger charge is 2.00. The van der Waals surface area contributed by atoms with Crippen LogP contribution in [0.2, 0.25) is 0 Å². The van der Waals surface area contributed by atoms with Gasteiger partial charge in [0, 0.05) is 23.5 Å². The third-order valence-corrected chi connectivity index (χ3v) is 3.23. The van der Waals surface area contributed by atoms with Gasteiger partial charge in [0.15, 0.2) is 0 Å². The van der Waals surface area contributed by atoms with E-state index < -0.39 is 0 Å². The Bertz CT molecular complexity index is 487. The van der Waals surface area contributed by atoms with Crippen molar-refractivity contribution in [3.05, 3.63) is 59.7 Å². The maximum absolute atomic E-state index is 3.41. The van der Waals surface area contributed by atoms with Gasteiger partial charge in [-0.3, -0.25) is 0 Å². The lowest BCUT2D eigenvalue weighted by molar-refractivity contribution is 0.899. The van der Waals surface area contributed by atoms with Crippen LogP contribution < -0.4 is 10.6 Å².